The molecule has 1 aromatic carbocycles. The van der Waals surface area contributed by atoms with Gasteiger partial charge in [0, 0.05) is 50.2 Å². The van der Waals surface area contributed by atoms with Gasteiger partial charge in [-0.15, -0.1) is 24.0 Å². The maximum Gasteiger partial charge on any atom is 0.195 e. The van der Waals surface area contributed by atoms with Gasteiger partial charge in [0.1, 0.15) is 0 Å². The highest BCUT2D eigenvalue weighted by Crippen LogP contribution is 2.32. The molecule has 1 aliphatic rings. The molecule has 0 saturated heterocycles. The minimum atomic E-state index is 0. The zero-order valence-corrected chi connectivity index (χ0v) is 20.3. The van der Waals surface area contributed by atoms with Crippen LogP contribution in [0.1, 0.15) is 26.7 Å². The molecule has 28 heavy (non-hydrogen) atoms. The lowest BCUT2D eigenvalue weighted by atomic mass is 10.2. The Balaban J connectivity index is 0.00000392. The molecule has 1 aliphatic heterocycles. The van der Waals surface area contributed by atoms with E-state index in [0.717, 1.165) is 68.0 Å². The van der Waals surface area contributed by atoms with Crippen LogP contribution in [0.3, 0.4) is 0 Å². The molecule has 0 unspecified atom stereocenters. The minimum Gasteiger partial charge on any atom is -0.490 e. The van der Waals surface area contributed by atoms with Crippen molar-refractivity contribution >= 4 is 47.4 Å². The molecule has 2 N–H and O–H groups in total. The zero-order valence-electron chi connectivity index (χ0n) is 17.2. The molecule has 0 bridgehead atoms. The van der Waals surface area contributed by atoms with Crippen LogP contribution in [-0.2, 0) is 4.74 Å². The molecular weight excluding hydrogens is 489 g/mol. The largest absolute Gasteiger partial charge is 0.490 e. The fourth-order valence-electron chi connectivity index (χ4n) is 2.47. The number of fused-ring (bicyclic) bond motifs is 1. The second kappa shape index (κ2) is 15.0. The Bertz CT molecular complexity index is 588. The van der Waals surface area contributed by atoms with E-state index >= 15 is 0 Å². The van der Waals surface area contributed by atoms with Crippen LogP contribution < -0.4 is 20.1 Å². The maximum absolute atomic E-state index is 5.77. The van der Waals surface area contributed by atoms with Crippen molar-refractivity contribution in [2.75, 3.05) is 56.8 Å². The molecule has 6 nitrogen and oxygen atoms in total. The van der Waals surface area contributed by atoms with E-state index in [0.29, 0.717) is 19.1 Å². The van der Waals surface area contributed by atoms with Gasteiger partial charge in [-0.25, -0.2) is 0 Å². The Labute approximate surface area is 190 Å². The highest BCUT2D eigenvalue weighted by molar-refractivity contribution is 14.0. The van der Waals surface area contributed by atoms with Crippen LogP contribution in [0, 0.1) is 5.92 Å². The molecule has 1 aromatic rings. The number of rotatable bonds is 10. The second-order valence-electron chi connectivity index (χ2n) is 6.81. The highest BCUT2D eigenvalue weighted by atomic mass is 127. The van der Waals surface area contributed by atoms with E-state index in [1.54, 1.807) is 11.8 Å². The van der Waals surface area contributed by atoms with E-state index in [-0.39, 0.29) is 24.0 Å². The number of nitrogens with zero attached hydrogens (tertiary/aromatic N) is 1. The standard InChI is InChI=1S/C20H33N3O3S.HI/c1-16(2)15-24-10-4-8-21-20(22-9-13-27-3)23-17-6-7-18-19(14-17)26-12-5-11-25-18;/h6-7,14,16H,4-5,8-13,15H2,1-3H3,(H2,21,22,23);1H. The first-order valence-corrected chi connectivity index (χ1v) is 11.1. The number of benzene rings is 1. The highest BCUT2D eigenvalue weighted by Gasteiger charge is 2.11. The fourth-order valence-corrected chi connectivity index (χ4v) is 2.77. The first-order chi connectivity index (χ1) is 13.2. The Morgan fingerprint density at radius 1 is 1.25 bits per heavy atom. The van der Waals surface area contributed by atoms with Crippen LogP contribution in [0.5, 0.6) is 11.5 Å². The Morgan fingerprint density at radius 3 is 2.79 bits per heavy atom. The normalized spacial score (nSPS) is 13.6. The van der Waals surface area contributed by atoms with E-state index in [1.807, 2.05) is 18.2 Å². The number of guanidine groups is 1. The monoisotopic (exact) mass is 523 g/mol. The van der Waals surface area contributed by atoms with Gasteiger partial charge in [0.2, 0.25) is 0 Å². The third-order valence-corrected chi connectivity index (χ3v) is 4.39. The molecule has 160 valence electrons. The summed E-state index contributed by atoms with van der Waals surface area (Å²) in [6.45, 7) is 8.82. The molecule has 2 rings (SSSR count). The molecular formula is C20H34IN3O3S. The van der Waals surface area contributed by atoms with Gasteiger partial charge >= 0.3 is 0 Å². The van der Waals surface area contributed by atoms with Crippen LogP contribution in [0.2, 0.25) is 0 Å². The van der Waals surface area contributed by atoms with Crippen molar-refractivity contribution in [2.45, 2.75) is 26.7 Å². The van der Waals surface area contributed by atoms with Gasteiger partial charge in [0.15, 0.2) is 17.5 Å². The van der Waals surface area contributed by atoms with Gasteiger partial charge in [0.25, 0.3) is 0 Å². The molecule has 0 fully saturated rings. The first kappa shape index (κ1) is 25.2. The van der Waals surface area contributed by atoms with Gasteiger partial charge in [-0.05, 0) is 30.7 Å². The van der Waals surface area contributed by atoms with Crippen molar-refractivity contribution < 1.29 is 14.2 Å². The van der Waals surface area contributed by atoms with Crippen molar-refractivity contribution in [3.63, 3.8) is 0 Å². The maximum atomic E-state index is 5.77. The molecule has 0 amide bonds. The number of anilines is 1. The summed E-state index contributed by atoms with van der Waals surface area (Å²) in [6.07, 6.45) is 3.91. The molecule has 0 atom stereocenters. The number of nitrogens with one attached hydrogen (secondary N) is 2. The lowest BCUT2D eigenvalue weighted by molar-refractivity contribution is 0.109. The van der Waals surface area contributed by atoms with Crippen LogP contribution in [0.25, 0.3) is 0 Å². The van der Waals surface area contributed by atoms with Crippen LogP contribution in [0.15, 0.2) is 23.2 Å². The molecule has 0 spiro atoms. The average Bonchev–Trinajstić information content (AvgIpc) is 2.89. The van der Waals surface area contributed by atoms with E-state index < -0.39 is 0 Å². The number of halogens is 1. The summed E-state index contributed by atoms with van der Waals surface area (Å²) in [5.74, 6) is 3.96. The number of aliphatic imine (C=N–C) groups is 1. The van der Waals surface area contributed by atoms with Crippen LogP contribution in [0.4, 0.5) is 5.69 Å². The smallest absolute Gasteiger partial charge is 0.195 e. The molecule has 0 aliphatic carbocycles. The number of thioether (sulfide) groups is 1. The number of hydrogen-bond donors (Lipinski definition) is 2. The van der Waals surface area contributed by atoms with Gasteiger partial charge < -0.3 is 24.8 Å². The van der Waals surface area contributed by atoms with Crippen molar-refractivity contribution in [2.24, 2.45) is 10.9 Å². The predicted molar refractivity (Wildman–Crippen MR) is 130 cm³/mol. The van der Waals surface area contributed by atoms with Crippen LogP contribution in [-0.4, -0.2) is 57.5 Å². The minimum absolute atomic E-state index is 0. The number of hydrogen-bond acceptors (Lipinski definition) is 5. The fraction of sp³-hybridized carbons (Fsp3) is 0.650. The SMILES string of the molecule is CSCCNC(=NCCCOCC(C)C)Nc1ccc2c(c1)OCCCO2.I. The van der Waals surface area contributed by atoms with Crippen molar-refractivity contribution in [3.8, 4) is 11.5 Å². The molecule has 0 aromatic heterocycles. The lowest BCUT2D eigenvalue weighted by Gasteiger charge is -2.14. The van der Waals surface area contributed by atoms with E-state index in [9.17, 15) is 0 Å². The third kappa shape index (κ3) is 10.1. The summed E-state index contributed by atoms with van der Waals surface area (Å²) in [6, 6.07) is 5.91. The summed E-state index contributed by atoms with van der Waals surface area (Å²) in [4.78, 5) is 4.67. The molecule has 8 heteroatoms. The van der Waals surface area contributed by atoms with Gasteiger partial charge in [-0.1, -0.05) is 13.8 Å². The topological polar surface area (TPSA) is 64.1 Å². The van der Waals surface area contributed by atoms with Crippen LogP contribution >= 0.6 is 35.7 Å². The molecule has 1 heterocycles. The Morgan fingerprint density at radius 2 is 2.04 bits per heavy atom. The summed E-state index contributed by atoms with van der Waals surface area (Å²) >= 11 is 1.81. The van der Waals surface area contributed by atoms with Gasteiger partial charge in [0.05, 0.1) is 13.2 Å². The zero-order chi connectivity index (χ0) is 19.3. The van der Waals surface area contributed by atoms with Gasteiger partial charge in [-0.2, -0.15) is 11.8 Å². The summed E-state index contributed by atoms with van der Waals surface area (Å²) in [7, 11) is 0. The summed E-state index contributed by atoms with van der Waals surface area (Å²) < 4.78 is 17.1. The van der Waals surface area contributed by atoms with Gasteiger partial charge in [-0.3, -0.25) is 4.99 Å². The van der Waals surface area contributed by atoms with E-state index in [1.165, 1.54) is 0 Å². The average molecular weight is 523 g/mol. The van der Waals surface area contributed by atoms with E-state index in [2.05, 4.69) is 35.7 Å². The predicted octanol–water partition coefficient (Wildman–Crippen LogP) is 4.25. The Kier molecular flexibility index (Phi) is 13.5. The quantitative estimate of drug-likeness (QED) is 0.207. The molecule has 0 saturated carbocycles. The van der Waals surface area contributed by atoms with E-state index in [4.69, 9.17) is 14.2 Å². The first-order valence-electron chi connectivity index (χ1n) is 9.70. The summed E-state index contributed by atoms with van der Waals surface area (Å²) in [5, 5.41) is 6.75. The Hall–Kier alpha value is -0.870. The second-order valence-corrected chi connectivity index (χ2v) is 7.79. The third-order valence-electron chi connectivity index (χ3n) is 3.78. The lowest BCUT2D eigenvalue weighted by Crippen LogP contribution is -2.32. The van der Waals surface area contributed by atoms with Crippen molar-refractivity contribution in [3.05, 3.63) is 18.2 Å². The van der Waals surface area contributed by atoms with Crippen molar-refractivity contribution in [1.82, 2.24) is 5.32 Å². The number of ether oxygens (including phenoxy) is 3. The molecule has 0 radical (unpaired) electrons. The van der Waals surface area contributed by atoms with Crippen molar-refractivity contribution in [1.29, 1.82) is 0 Å². The summed E-state index contributed by atoms with van der Waals surface area (Å²) in [5.41, 5.74) is 0.936.